The van der Waals surface area contributed by atoms with Gasteiger partial charge in [-0.25, -0.2) is 10.4 Å². The molecule has 1 amide bonds. The number of hydrogen-bond donors (Lipinski definition) is 2. The summed E-state index contributed by atoms with van der Waals surface area (Å²) in [6.07, 6.45) is 1.54. The molecule has 6 nitrogen and oxygen atoms in total. The number of nitrogens with one attached hydrogen (secondary N) is 2. The van der Waals surface area contributed by atoms with Crippen molar-refractivity contribution in [2.75, 3.05) is 5.32 Å². The van der Waals surface area contributed by atoms with E-state index in [4.69, 9.17) is 16.3 Å². The smallest absolute Gasteiger partial charge is 0.271 e. The summed E-state index contributed by atoms with van der Waals surface area (Å²) >= 11 is 7.92. The van der Waals surface area contributed by atoms with Crippen LogP contribution >= 0.6 is 22.9 Å². The summed E-state index contributed by atoms with van der Waals surface area (Å²) in [4.78, 5) is 17.2. The van der Waals surface area contributed by atoms with Crippen LogP contribution in [-0.2, 0) is 6.61 Å². The second kappa shape index (κ2) is 12.6. The first-order chi connectivity index (χ1) is 19.4. The van der Waals surface area contributed by atoms with Gasteiger partial charge in [0.2, 0.25) is 0 Å². The van der Waals surface area contributed by atoms with E-state index >= 15 is 0 Å². The van der Waals surface area contributed by atoms with Gasteiger partial charge < -0.3 is 10.1 Å². The molecule has 0 atom stereocenters. The number of rotatable bonds is 9. The monoisotopic (exact) mass is 566 g/mol. The number of carbonyl (C=O) groups excluding carboxylic acids is 1. The van der Waals surface area contributed by atoms with Crippen molar-refractivity contribution in [3.63, 3.8) is 0 Å². The molecule has 4 aromatic carbocycles. The van der Waals surface area contributed by atoms with E-state index in [2.05, 4.69) is 39.9 Å². The van der Waals surface area contributed by atoms with E-state index < -0.39 is 0 Å². The maximum Gasteiger partial charge on any atom is 0.271 e. The molecular weight excluding hydrogens is 540 g/mol. The summed E-state index contributed by atoms with van der Waals surface area (Å²) in [5, 5.41) is 10.7. The lowest BCUT2D eigenvalue weighted by atomic mass is 10.1. The highest BCUT2D eigenvalue weighted by atomic mass is 35.5. The van der Waals surface area contributed by atoms with Gasteiger partial charge in [-0.1, -0.05) is 71.3 Å². The summed E-state index contributed by atoms with van der Waals surface area (Å²) < 4.78 is 5.84. The van der Waals surface area contributed by atoms with Gasteiger partial charge in [-0.3, -0.25) is 4.79 Å². The van der Waals surface area contributed by atoms with Crippen molar-refractivity contribution in [1.29, 1.82) is 0 Å². The third-order valence-corrected chi connectivity index (χ3v) is 7.15. The molecular formula is C32H27ClN4O2S. The summed E-state index contributed by atoms with van der Waals surface area (Å²) in [6.45, 7) is 4.53. The fourth-order valence-corrected chi connectivity index (χ4v) is 4.79. The standard InChI is InChI=1S/C32H27ClN4O2S/c1-21-3-7-23(8-4-21)19-39-30-16-9-24(17-28(30)33)18-34-37-31(38)26-12-10-25(11-13-26)29-20-40-32(36-29)35-27-14-5-22(2)6-15-27/h3-18,20H,19H2,1-2H3,(H,35,36)(H,37,38)/b34-18-. The molecule has 0 spiro atoms. The van der Waals surface area contributed by atoms with Crippen LogP contribution in [-0.4, -0.2) is 17.1 Å². The van der Waals surface area contributed by atoms with Crippen LogP contribution in [0.2, 0.25) is 5.02 Å². The summed E-state index contributed by atoms with van der Waals surface area (Å²) in [5.74, 6) is 0.272. The number of hydrazone groups is 1. The summed E-state index contributed by atoms with van der Waals surface area (Å²) in [6, 6.07) is 28.9. The molecule has 200 valence electrons. The molecule has 0 saturated heterocycles. The Morgan fingerprint density at radius 1 is 0.950 bits per heavy atom. The van der Waals surface area contributed by atoms with Gasteiger partial charge in [0.1, 0.15) is 12.4 Å². The largest absolute Gasteiger partial charge is 0.487 e. The van der Waals surface area contributed by atoms with Gasteiger partial charge >= 0.3 is 0 Å². The molecule has 8 heteroatoms. The third-order valence-electron chi connectivity index (χ3n) is 6.10. The van der Waals surface area contributed by atoms with Crippen molar-refractivity contribution in [1.82, 2.24) is 10.4 Å². The highest BCUT2D eigenvalue weighted by molar-refractivity contribution is 7.14. The number of amides is 1. The average Bonchev–Trinajstić information content (AvgIpc) is 3.43. The van der Waals surface area contributed by atoms with Gasteiger partial charge in [-0.05, 0) is 67.4 Å². The lowest BCUT2D eigenvalue weighted by Crippen LogP contribution is -2.17. The first kappa shape index (κ1) is 27.1. The molecule has 0 fully saturated rings. The zero-order chi connectivity index (χ0) is 27.9. The SMILES string of the molecule is Cc1ccc(COc2ccc(/C=N\NC(=O)c3ccc(-c4csc(Nc5ccc(C)cc5)n4)cc3)cc2Cl)cc1. The van der Waals surface area contributed by atoms with Gasteiger partial charge in [-0.2, -0.15) is 5.10 Å². The average molecular weight is 567 g/mol. The number of benzene rings is 4. The minimum absolute atomic E-state index is 0.313. The maximum absolute atomic E-state index is 12.6. The van der Waals surface area contributed by atoms with Crippen LogP contribution < -0.4 is 15.5 Å². The van der Waals surface area contributed by atoms with Crippen LogP contribution in [0.4, 0.5) is 10.8 Å². The molecule has 5 rings (SSSR count). The number of halogens is 1. The zero-order valence-electron chi connectivity index (χ0n) is 22.0. The van der Waals surface area contributed by atoms with Crippen molar-refractivity contribution in [3.8, 4) is 17.0 Å². The molecule has 0 aliphatic heterocycles. The van der Waals surface area contributed by atoms with E-state index in [0.29, 0.717) is 22.9 Å². The van der Waals surface area contributed by atoms with E-state index in [-0.39, 0.29) is 5.91 Å². The van der Waals surface area contributed by atoms with E-state index in [9.17, 15) is 4.79 Å². The molecule has 40 heavy (non-hydrogen) atoms. The fourth-order valence-electron chi connectivity index (χ4n) is 3.81. The topological polar surface area (TPSA) is 75.6 Å². The highest BCUT2D eigenvalue weighted by Gasteiger charge is 2.09. The molecule has 0 aliphatic rings. The fraction of sp³-hybridized carbons (Fsp3) is 0.0938. The quantitative estimate of drug-likeness (QED) is 0.139. The molecule has 0 saturated carbocycles. The number of anilines is 2. The predicted octanol–water partition coefficient (Wildman–Crippen LogP) is 8.17. The first-order valence-corrected chi connectivity index (χ1v) is 13.9. The van der Waals surface area contributed by atoms with Gasteiger partial charge in [0.25, 0.3) is 5.91 Å². The highest BCUT2D eigenvalue weighted by Crippen LogP contribution is 2.28. The lowest BCUT2D eigenvalue weighted by Gasteiger charge is -2.09. The van der Waals surface area contributed by atoms with Crippen molar-refractivity contribution in [2.24, 2.45) is 5.10 Å². The Labute approximate surface area is 242 Å². The van der Waals surface area contributed by atoms with Gasteiger partial charge in [0, 0.05) is 22.2 Å². The number of ether oxygens (including phenoxy) is 1. The zero-order valence-corrected chi connectivity index (χ0v) is 23.6. The minimum Gasteiger partial charge on any atom is -0.487 e. The molecule has 1 heterocycles. The second-order valence-electron chi connectivity index (χ2n) is 9.27. The molecule has 2 N–H and O–H groups in total. The number of carbonyl (C=O) groups is 1. The van der Waals surface area contributed by atoms with Crippen LogP contribution in [0, 0.1) is 13.8 Å². The minimum atomic E-state index is -0.313. The second-order valence-corrected chi connectivity index (χ2v) is 10.5. The summed E-state index contributed by atoms with van der Waals surface area (Å²) in [5.41, 5.74) is 10.0. The summed E-state index contributed by atoms with van der Waals surface area (Å²) in [7, 11) is 0. The number of nitrogens with zero attached hydrogens (tertiary/aromatic N) is 2. The maximum atomic E-state index is 12.6. The van der Waals surface area contributed by atoms with Crippen molar-refractivity contribution in [3.05, 3.63) is 129 Å². The Kier molecular flexibility index (Phi) is 8.54. The van der Waals surface area contributed by atoms with Crippen LogP contribution in [0.3, 0.4) is 0 Å². The molecule has 0 radical (unpaired) electrons. The van der Waals surface area contributed by atoms with Gasteiger partial charge in [0.05, 0.1) is 16.9 Å². The van der Waals surface area contributed by atoms with Crippen molar-refractivity contribution < 1.29 is 9.53 Å². The lowest BCUT2D eigenvalue weighted by molar-refractivity contribution is 0.0955. The Morgan fingerprint density at radius 3 is 2.35 bits per heavy atom. The van der Waals surface area contributed by atoms with E-state index in [1.165, 1.54) is 22.5 Å². The van der Waals surface area contributed by atoms with Gasteiger partial charge in [-0.15, -0.1) is 11.3 Å². The van der Waals surface area contributed by atoms with Crippen molar-refractivity contribution >= 4 is 45.9 Å². The van der Waals surface area contributed by atoms with Gasteiger partial charge in [0.15, 0.2) is 5.13 Å². The van der Waals surface area contributed by atoms with Crippen LogP contribution in [0.1, 0.15) is 32.6 Å². The Hall–Kier alpha value is -4.46. The third kappa shape index (κ3) is 7.14. The number of aryl methyl sites for hydroxylation is 2. The molecule has 0 aliphatic carbocycles. The van der Waals surface area contributed by atoms with Crippen LogP contribution in [0.25, 0.3) is 11.3 Å². The normalized spacial score (nSPS) is 11.0. The number of hydrogen-bond acceptors (Lipinski definition) is 6. The van der Waals surface area contributed by atoms with Crippen molar-refractivity contribution in [2.45, 2.75) is 20.5 Å². The van der Waals surface area contributed by atoms with E-state index in [1.54, 1.807) is 30.5 Å². The van der Waals surface area contributed by atoms with E-state index in [0.717, 1.165) is 33.2 Å². The molecule has 0 bridgehead atoms. The van der Waals surface area contributed by atoms with E-state index in [1.807, 2.05) is 66.9 Å². The molecule has 1 aromatic heterocycles. The predicted molar refractivity (Wildman–Crippen MR) is 164 cm³/mol. The number of aromatic nitrogens is 1. The Morgan fingerprint density at radius 2 is 1.65 bits per heavy atom. The Bertz CT molecular complexity index is 1630. The Balaban J connectivity index is 1.14. The van der Waals surface area contributed by atoms with Crippen LogP contribution in [0.5, 0.6) is 5.75 Å². The first-order valence-electron chi connectivity index (χ1n) is 12.6. The molecule has 0 unspecified atom stereocenters. The number of thiazole rings is 1. The molecule has 5 aromatic rings. The van der Waals surface area contributed by atoms with Crippen LogP contribution in [0.15, 0.2) is 101 Å².